The minimum absolute atomic E-state index is 0.0439. The number of aromatic nitrogens is 1. The van der Waals surface area contributed by atoms with Crippen molar-refractivity contribution in [1.29, 1.82) is 0 Å². The Kier molecular flexibility index (Phi) is 3.34. The number of benzene rings is 1. The van der Waals surface area contributed by atoms with Crippen molar-refractivity contribution in [2.45, 2.75) is 6.61 Å². The Morgan fingerprint density at radius 3 is 2.56 bits per heavy atom. The van der Waals surface area contributed by atoms with Crippen molar-refractivity contribution in [1.82, 2.24) is 4.98 Å². The van der Waals surface area contributed by atoms with Gasteiger partial charge in [0.15, 0.2) is 0 Å². The molecular weight excluding hydrogens is 206 g/mol. The second-order valence-corrected chi connectivity index (χ2v) is 3.36. The van der Waals surface area contributed by atoms with Gasteiger partial charge in [0.25, 0.3) is 0 Å². The van der Waals surface area contributed by atoms with E-state index < -0.39 is 0 Å². The fraction of sp³-hybridized carbons (Fsp3) is 0.250. The van der Waals surface area contributed by atoms with Crippen LogP contribution >= 0.6 is 0 Å². The van der Waals surface area contributed by atoms with Crippen molar-refractivity contribution in [2.24, 2.45) is 0 Å². The van der Waals surface area contributed by atoms with E-state index in [0.717, 1.165) is 16.3 Å². The third kappa shape index (κ3) is 1.98. The standard InChI is InChI=1S/C12H13NO3/c14-5-6-16-12-11-4-2-1-3-10(11)9(8-15)7-13-12/h1-4,7,14-15H,5-6,8H2. The van der Waals surface area contributed by atoms with Gasteiger partial charge in [-0.15, -0.1) is 0 Å². The molecule has 84 valence electrons. The summed E-state index contributed by atoms with van der Waals surface area (Å²) in [6.45, 7) is 0.126. The zero-order valence-electron chi connectivity index (χ0n) is 8.76. The average molecular weight is 219 g/mol. The quantitative estimate of drug-likeness (QED) is 0.808. The molecule has 1 heterocycles. The average Bonchev–Trinajstić information content (AvgIpc) is 2.36. The second-order valence-electron chi connectivity index (χ2n) is 3.36. The van der Waals surface area contributed by atoms with Crippen molar-refractivity contribution in [2.75, 3.05) is 13.2 Å². The molecule has 0 aliphatic rings. The van der Waals surface area contributed by atoms with Crippen LogP contribution in [0.1, 0.15) is 5.56 Å². The molecule has 16 heavy (non-hydrogen) atoms. The monoisotopic (exact) mass is 219 g/mol. The number of nitrogens with zero attached hydrogens (tertiary/aromatic N) is 1. The first kappa shape index (κ1) is 10.9. The lowest BCUT2D eigenvalue weighted by molar-refractivity contribution is 0.198. The van der Waals surface area contributed by atoms with Gasteiger partial charge in [-0.1, -0.05) is 18.2 Å². The molecule has 0 radical (unpaired) electrons. The van der Waals surface area contributed by atoms with Crippen LogP contribution in [-0.4, -0.2) is 28.4 Å². The van der Waals surface area contributed by atoms with Crippen LogP contribution in [0.4, 0.5) is 0 Å². The topological polar surface area (TPSA) is 62.6 Å². The second kappa shape index (κ2) is 4.92. The normalized spacial score (nSPS) is 10.6. The summed E-state index contributed by atoms with van der Waals surface area (Å²) in [5.41, 5.74) is 0.770. The zero-order chi connectivity index (χ0) is 11.4. The lowest BCUT2D eigenvalue weighted by Gasteiger charge is -2.09. The summed E-state index contributed by atoms with van der Waals surface area (Å²) in [4.78, 5) is 4.12. The van der Waals surface area contributed by atoms with Gasteiger partial charge >= 0.3 is 0 Å². The highest BCUT2D eigenvalue weighted by Gasteiger charge is 2.06. The number of aliphatic hydroxyl groups excluding tert-OH is 2. The molecule has 0 unspecified atom stereocenters. The van der Waals surface area contributed by atoms with Gasteiger partial charge in [0.1, 0.15) is 6.61 Å². The summed E-state index contributed by atoms with van der Waals surface area (Å²) in [6, 6.07) is 7.58. The van der Waals surface area contributed by atoms with Gasteiger partial charge in [-0.25, -0.2) is 4.98 Å². The Hall–Kier alpha value is -1.65. The molecule has 1 aromatic carbocycles. The molecule has 0 bridgehead atoms. The van der Waals surface area contributed by atoms with Crippen molar-refractivity contribution in [3.8, 4) is 5.88 Å². The lowest BCUT2D eigenvalue weighted by atomic mass is 10.1. The van der Waals surface area contributed by atoms with Crippen LogP contribution in [-0.2, 0) is 6.61 Å². The molecule has 2 rings (SSSR count). The van der Waals surface area contributed by atoms with Gasteiger partial charge in [0.05, 0.1) is 13.2 Å². The van der Waals surface area contributed by atoms with E-state index in [1.54, 1.807) is 6.20 Å². The van der Waals surface area contributed by atoms with Crippen LogP contribution in [0, 0.1) is 0 Å². The minimum Gasteiger partial charge on any atom is -0.475 e. The zero-order valence-corrected chi connectivity index (χ0v) is 8.76. The Balaban J connectivity index is 2.51. The molecule has 4 nitrogen and oxygen atoms in total. The first-order valence-corrected chi connectivity index (χ1v) is 5.08. The predicted molar refractivity (Wildman–Crippen MR) is 60.2 cm³/mol. The van der Waals surface area contributed by atoms with E-state index in [4.69, 9.17) is 9.84 Å². The van der Waals surface area contributed by atoms with E-state index in [-0.39, 0.29) is 19.8 Å². The summed E-state index contributed by atoms with van der Waals surface area (Å²) in [5.74, 6) is 0.488. The van der Waals surface area contributed by atoms with Crippen LogP contribution in [0.2, 0.25) is 0 Å². The summed E-state index contributed by atoms with van der Waals surface area (Å²) in [5, 5.41) is 19.7. The number of hydrogen-bond donors (Lipinski definition) is 2. The molecule has 0 spiro atoms. The fourth-order valence-corrected chi connectivity index (χ4v) is 1.61. The van der Waals surface area contributed by atoms with Crippen LogP contribution in [0.5, 0.6) is 5.88 Å². The first-order valence-electron chi connectivity index (χ1n) is 5.08. The van der Waals surface area contributed by atoms with Gasteiger partial charge < -0.3 is 14.9 Å². The molecule has 0 saturated carbocycles. The molecule has 0 fully saturated rings. The van der Waals surface area contributed by atoms with Crippen LogP contribution in [0.25, 0.3) is 10.8 Å². The van der Waals surface area contributed by atoms with E-state index in [0.29, 0.717) is 5.88 Å². The van der Waals surface area contributed by atoms with E-state index >= 15 is 0 Å². The molecular formula is C12H13NO3. The first-order chi connectivity index (χ1) is 7.86. The molecule has 0 atom stereocenters. The molecule has 2 aromatic rings. The van der Waals surface area contributed by atoms with Crippen molar-refractivity contribution in [3.05, 3.63) is 36.0 Å². The molecule has 2 N–H and O–H groups in total. The summed E-state index contributed by atoms with van der Waals surface area (Å²) >= 11 is 0. The number of fused-ring (bicyclic) bond motifs is 1. The van der Waals surface area contributed by atoms with Gasteiger partial charge in [-0.05, 0) is 11.5 Å². The van der Waals surface area contributed by atoms with Gasteiger partial charge in [-0.3, -0.25) is 0 Å². The van der Waals surface area contributed by atoms with Crippen LogP contribution < -0.4 is 4.74 Å². The van der Waals surface area contributed by atoms with E-state index in [1.165, 1.54) is 0 Å². The highest BCUT2D eigenvalue weighted by Crippen LogP contribution is 2.25. The van der Waals surface area contributed by atoms with Crippen molar-refractivity contribution in [3.63, 3.8) is 0 Å². The third-order valence-corrected chi connectivity index (χ3v) is 2.34. The summed E-state index contributed by atoms with van der Waals surface area (Å²) in [7, 11) is 0. The summed E-state index contributed by atoms with van der Waals surface area (Å²) < 4.78 is 5.33. The van der Waals surface area contributed by atoms with Gasteiger partial charge in [-0.2, -0.15) is 0 Å². The number of aliphatic hydroxyl groups is 2. The fourth-order valence-electron chi connectivity index (χ4n) is 1.61. The highest BCUT2D eigenvalue weighted by atomic mass is 16.5. The van der Waals surface area contributed by atoms with Crippen molar-refractivity contribution < 1.29 is 14.9 Å². The minimum atomic E-state index is -0.0478. The SMILES string of the molecule is OCCOc1ncc(CO)c2ccccc12. The molecule has 0 aliphatic heterocycles. The Morgan fingerprint density at radius 2 is 1.88 bits per heavy atom. The van der Waals surface area contributed by atoms with Gasteiger partial charge in [0.2, 0.25) is 5.88 Å². The maximum atomic E-state index is 9.18. The summed E-state index contributed by atoms with van der Waals surface area (Å²) in [6.07, 6.45) is 1.59. The largest absolute Gasteiger partial charge is 0.475 e. The van der Waals surface area contributed by atoms with Crippen LogP contribution in [0.15, 0.2) is 30.5 Å². The Morgan fingerprint density at radius 1 is 1.12 bits per heavy atom. The van der Waals surface area contributed by atoms with E-state index in [1.807, 2.05) is 24.3 Å². The molecule has 0 saturated heterocycles. The van der Waals surface area contributed by atoms with Gasteiger partial charge in [0, 0.05) is 17.1 Å². The number of pyridine rings is 1. The number of rotatable bonds is 4. The lowest BCUT2D eigenvalue weighted by Crippen LogP contribution is -2.04. The van der Waals surface area contributed by atoms with Crippen molar-refractivity contribution >= 4 is 10.8 Å². The maximum Gasteiger partial charge on any atom is 0.221 e. The molecule has 1 aromatic heterocycles. The molecule has 4 heteroatoms. The smallest absolute Gasteiger partial charge is 0.221 e. The molecule has 0 aliphatic carbocycles. The number of hydrogen-bond acceptors (Lipinski definition) is 4. The van der Waals surface area contributed by atoms with E-state index in [9.17, 15) is 5.11 Å². The number of ether oxygens (including phenoxy) is 1. The Labute approximate surface area is 93.1 Å². The Bertz CT molecular complexity index is 485. The highest BCUT2D eigenvalue weighted by molar-refractivity contribution is 5.89. The third-order valence-electron chi connectivity index (χ3n) is 2.34. The molecule has 0 amide bonds. The van der Waals surface area contributed by atoms with Crippen LogP contribution in [0.3, 0.4) is 0 Å². The predicted octanol–water partition coefficient (Wildman–Crippen LogP) is 1.10. The maximum absolute atomic E-state index is 9.18. The van der Waals surface area contributed by atoms with E-state index in [2.05, 4.69) is 4.98 Å².